The summed E-state index contributed by atoms with van der Waals surface area (Å²) in [6, 6.07) is 12.0. The number of furan rings is 1. The molecule has 0 bridgehead atoms. The van der Waals surface area contributed by atoms with Crippen LogP contribution in [0.3, 0.4) is 0 Å². The predicted octanol–water partition coefficient (Wildman–Crippen LogP) is 4.85. The molecule has 1 fully saturated rings. The average molecular weight is 472 g/mol. The Morgan fingerprint density at radius 2 is 2.16 bits per heavy atom. The third-order valence-electron chi connectivity index (χ3n) is 5.15. The standard InChI is InChI=1S/C21H21N5O2S3/c27-18(13-29-21-25-24-20(31-21)22-11-15-6-4-10-28-15)26-9-3-5-14(12-26)19-23-16-7-1-2-8-17(16)30-19/h1-2,4,6-8,10,14H,3,5,9,11-13H2,(H,22,24). The van der Waals surface area contributed by atoms with Gasteiger partial charge in [0.25, 0.3) is 0 Å². The Labute approximate surface area is 191 Å². The molecular weight excluding hydrogens is 450 g/mol. The summed E-state index contributed by atoms with van der Waals surface area (Å²) in [4.78, 5) is 19.6. The van der Waals surface area contributed by atoms with Gasteiger partial charge >= 0.3 is 0 Å². The molecule has 5 rings (SSSR count). The van der Waals surface area contributed by atoms with Gasteiger partial charge in [-0.3, -0.25) is 4.79 Å². The fraction of sp³-hybridized carbons (Fsp3) is 0.333. The van der Waals surface area contributed by atoms with Gasteiger partial charge in [-0.1, -0.05) is 35.2 Å². The number of thiazole rings is 1. The van der Waals surface area contributed by atoms with E-state index in [0.29, 0.717) is 18.2 Å². The van der Waals surface area contributed by atoms with Gasteiger partial charge in [0.15, 0.2) is 4.34 Å². The molecule has 10 heteroatoms. The highest BCUT2D eigenvalue weighted by atomic mass is 32.2. The summed E-state index contributed by atoms with van der Waals surface area (Å²) in [5, 5.41) is 13.4. The molecule has 4 heterocycles. The van der Waals surface area contributed by atoms with Gasteiger partial charge in [-0.25, -0.2) is 4.98 Å². The molecule has 1 aliphatic heterocycles. The summed E-state index contributed by atoms with van der Waals surface area (Å²) in [7, 11) is 0. The normalized spacial score (nSPS) is 16.6. The molecule has 1 aromatic carbocycles. The smallest absolute Gasteiger partial charge is 0.233 e. The molecule has 1 atom stereocenters. The van der Waals surface area contributed by atoms with Gasteiger partial charge in [0.2, 0.25) is 11.0 Å². The van der Waals surface area contributed by atoms with Crippen molar-refractivity contribution in [2.45, 2.75) is 29.6 Å². The van der Waals surface area contributed by atoms with Crippen LogP contribution < -0.4 is 5.32 Å². The molecular formula is C21H21N5O2S3. The molecule has 160 valence electrons. The molecule has 0 saturated carbocycles. The highest BCUT2D eigenvalue weighted by Gasteiger charge is 2.27. The monoisotopic (exact) mass is 471 g/mol. The Morgan fingerprint density at radius 1 is 1.23 bits per heavy atom. The van der Waals surface area contributed by atoms with Crippen molar-refractivity contribution >= 4 is 55.7 Å². The lowest BCUT2D eigenvalue weighted by atomic mass is 9.99. The zero-order valence-corrected chi connectivity index (χ0v) is 19.1. The van der Waals surface area contributed by atoms with Gasteiger partial charge < -0.3 is 14.6 Å². The van der Waals surface area contributed by atoms with E-state index in [1.807, 2.05) is 29.2 Å². The number of fused-ring (bicyclic) bond motifs is 1. The number of aromatic nitrogens is 3. The van der Waals surface area contributed by atoms with E-state index in [9.17, 15) is 4.79 Å². The van der Waals surface area contributed by atoms with E-state index in [4.69, 9.17) is 9.40 Å². The summed E-state index contributed by atoms with van der Waals surface area (Å²) < 4.78 is 7.30. The first-order valence-corrected chi connectivity index (χ1v) is 12.7. The van der Waals surface area contributed by atoms with Crippen molar-refractivity contribution in [2.24, 2.45) is 0 Å². The number of carbonyl (C=O) groups excluding carboxylic acids is 1. The van der Waals surface area contributed by atoms with Gasteiger partial charge in [-0.15, -0.1) is 21.5 Å². The fourth-order valence-corrected chi connectivity index (χ4v) is 6.34. The highest BCUT2D eigenvalue weighted by molar-refractivity contribution is 8.01. The number of piperidine rings is 1. The number of carbonyl (C=O) groups is 1. The van der Waals surface area contributed by atoms with Gasteiger partial charge in [0, 0.05) is 19.0 Å². The Morgan fingerprint density at radius 3 is 3.03 bits per heavy atom. The second kappa shape index (κ2) is 9.37. The molecule has 0 spiro atoms. The molecule has 0 aliphatic carbocycles. The van der Waals surface area contributed by atoms with Crippen LogP contribution in [-0.2, 0) is 11.3 Å². The highest BCUT2D eigenvalue weighted by Crippen LogP contribution is 2.33. The SMILES string of the molecule is O=C(CSc1nnc(NCc2ccco2)s1)N1CCCC(c2nc3ccccc3s2)C1. The minimum atomic E-state index is 0.149. The lowest BCUT2D eigenvalue weighted by Gasteiger charge is -2.31. The number of nitrogens with one attached hydrogen (secondary N) is 1. The Bertz CT molecular complexity index is 1120. The largest absolute Gasteiger partial charge is 0.467 e. The summed E-state index contributed by atoms with van der Waals surface area (Å²) in [5.41, 5.74) is 1.05. The van der Waals surface area contributed by atoms with E-state index in [0.717, 1.165) is 51.7 Å². The van der Waals surface area contributed by atoms with Crippen LogP contribution in [0.2, 0.25) is 0 Å². The Hall–Kier alpha value is -2.43. The number of anilines is 1. The molecule has 1 N–H and O–H groups in total. The molecule has 4 aromatic rings. The van der Waals surface area contributed by atoms with Gasteiger partial charge in [0.05, 0.1) is 33.8 Å². The maximum Gasteiger partial charge on any atom is 0.233 e. The lowest BCUT2D eigenvalue weighted by molar-refractivity contribution is -0.129. The van der Waals surface area contributed by atoms with Crippen molar-refractivity contribution in [1.82, 2.24) is 20.1 Å². The maximum atomic E-state index is 12.8. The molecule has 1 amide bonds. The average Bonchev–Trinajstić information content (AvgIpc) is 3.56. The van der Waals surface area contributed by atoms with Crippen molar-refractivity contribution in [3.05, 3.63) is 53.4 Å². The Kier molecular flexibility index (Phi) is 6.19. The number of hydrogen-bond donors (Lipinski definition) is 1. The second-order valence-corrected chi connectivity index (χ2v) is 10.6. The zero-order chi connectivity index (χ0) is 21.0. The summed E-state index contributed by atoms with van der Waals surface area (Å²) in [6.45, 7) is 2.12. The van der Waals surface area contributed by atoms with Crippen LogP contribution in [-0.4, -0.2) is 44.8 Å². The van der Waals surface area contributed by atoms with Crippen LogP contribution >= 0.6 is 34.4 Å². The van der Waals surface area contributed by atoms with E-state index in [1.165, 1.54) is 27.8 Å². The van der Waals surface area contributed by atoms with Crippen molar-refractivity contribution < 1.29 is 9.21 Å². The molecule has 31 heavy (non-hydrogen) atoms. The third-order valence-corrected chi connectivity index (χ3v) is 8.35. The number of thioether (sulfide) groups is 1. The third kappa shape index (κ3) is 4.91. The van der Waals surface area contributed by atoms with Crippen molar-refractivity contribution in [3.63, 3.8) is 0 Å². The first-order valence-electron chi connectivity index (χ1n) is 10.1. The first-order chi connectivity index (χ1) is 15.2. The van der Waals surface area contributed by atoms with Crippen LogP contribution in [0.5, 0.6) is 0 Å². The fourth-order valence-electron chi connectivity index (χ4n) is 3.60. The van der Waals surface area contributed by atoms with Gasteiger partial charge in [-0.2, -0.15) is 0 Å². The molecule has 1 aliphatic rings. The van der Waals surface area contributed by atoms with Gasteiger partial charge in [0.1, 0.15) is 5.76 Å². The number of benzene rings is 1. The van der Waals surface area contributed by atoms with E-state index in [-0.39, 0.29) is 5.91 Å². The topological polar surface area (TPSA) is 84.2 Å². The van der Waals surface area contributed by atoms with Crippen LogP contribution in [0.25, 0.3) is 10.2 Å². The number of para-hydroxylation sites is 1. The Balaban J connectivity index is 1.14. The second-order valence-electron chi connectivity index (χ2n) is 7.29. The van der Waals surface area contributed by atoms with Crippen LogP contribution in [0, 0.1) is 0 Å². The lowest BCUT2D eigenvalue weighted by Crippen LogP contribution is -2.40. The van der Waals surface area contributed by atoms with E-state index in [2.05, 4.69) is 27.6 Å². The van der Waals surface area contributed by atoms with E-state index < -0.39 is 0 Å². The molecule has 3 aromatic heterocycles. The number of rotatable bonds is 7. The summed E-state index contributed by atoms with van der Waals surface area (Å²) in [6.07, 6.45) is 3.74. The molecule has 0 radical (unpaired) electrons. The summed E-state index contributed by atoms with van der Waals surface area (Å²) in [5.74, 6) is 1.68. The van der Waals surface area contributed by atoms with Crippen LogP contribution in [0.4, 0.5) is 5.13 Å². The minimum Gasteiger partial charge on any atom is -0.467 e. The van der Waals surface area contributed by atoms with Gasteiger partial charge in [-0.05, 0) is 37.1 Å². The predicted molar refractivity (Wildman–Crippen MR) is 125 cm³/mol. The number of hydrogen-bond acceptors (Lipinski definition) is 9. The molecule has 1 saturated heterocycles. The number of amides is 1. The van der Waals surface area contributed by atoms with Crippen molar-refractivity contribution in [2.75, 3.05) is 24.2 Å². The quantitative estimate of drug-likeness (QED) is 0.386. The van der Waals surface area contributed by atoms with Crippen LogP contribution in [0.15, 0.2) is 51.4 Å². The number of likely N-dealkylation sites (tertiary alicyclic amines) is 1. The van der Waals surface area contributed by atoms with Crippen molar-refractivity contribution in [3.8, 4) is 0 Å². The van der Waals surface area contributed by atoms with Crippen LogP contribution in [0.1, 0.15) is 29.5 Å². The van der Waals surface area contributed by atoms with Crippen molar-refractivity contribution in [1.29, 1.82) is 0 Å². The molecule has 1 unspecified atom stereocenters. The molecule has 7 nitrogen and oxygen atoms in total. The number of nitrogens with zero attached hydrogens (tertiary/aromatic N) is 4. The van der Waals surface area contributed by atoms with E-state index >= 15 is 0 Å². The first kappa shape index (κ1) is 20.5. The van der Waals surface area contributed by atoms with E-state index in [1.54, 1.807) is 17.6 Å². The maximum absolute atomic E-state index is 12.8. The minimum absolute atomic E-state index is 0.149. The summed E-state index contributed by atoms with van der Waals surface area (Å²) >= 11 is 4.65. The zero-order valence-electron chi connectivity index (χ0n) is 16.7.